The fraction of sp³-hybridized carbons (Fsp3) is 0.895. The van der Waals surface area contributed by atoms with Crippen molar-refractivity contribution in [2.75, 3.05) is 59.1 Å². The van der Waals surface area contributed by atoms with Crippen LogP contribution in [0.4, 0.5) is 0 Å². The molecule has 1 heterocycles. The van der Waals surface area contributed by atoms with Crippen molar-refractivity contribution in [1.29, 1.82) is 0 Å². The zero-order valence-corrected chi connectivity index (χ0v) is 15.4. The van der Waals surface area contributed by atoms with Crippen molar-refractivity contribution in [3.05, 3.63) is 11.1 Å². The number of hydrogen-bond donors (Lipinski definition) is 1. The van der Waals surface area contributed by atoms with Gasteiger partial charge in [-0.1, -0.05) is 25.0 Å². The molecule has 4 nitrogen and oxygen atoms in total. The van der Waals surface area contributed by atoms with Crippen LogP contribution in [0.5, 0.6) is 0 Å². The maximum Gasteiger partial charge on any atom is 0.0698 e. The largest absolute Gasteiger partial charge is 0.394 e. The van der Waals surface area contributed by atoms with Crippen LogP contribution in [0.1, 0.15) is 46.5 Å². The lowest BCUT2D eigenvalue weighted by atomic mass is 9.71. The number of ether oxygens (including phenoxy) is 1. The summed E-state index contributed by atoms with van der Waals surface area (Å²) >= 11 is 0. The van der Waals surface area contributed by atoms with Gasteiger partial charge in [-0.25, -0.2) is 0 Å². The molecule has 134 valence electrons. The van der Waals surface area contributed by atoms with E-state index in [1.165, 1.54) is 45.3 Å². The molecule has 0 aromatic rings. The molecule has 2 aliphatic rings. The molecule has 0 bridgehead atoms. The number of aliphatic hydroxyl groups excluding tert-OH is 1. The first-order valence-electron chi connectivity index (χ1n) is 9.35. The first-order valence-corrected chi connectivity index (χ1v) is 9.35. The summed E-state index contributed by atoms with van der Waals surface area (Å²) in [6.07, 6.45) is 5.26. The van der Waals surface area contributed by atoms with Crippen LogP contribution in [0.3, 0.4) is 0 Å². The van der Waals surface area contributed by atoms with E-state index in [9.17, 15) is 0 Å². The Kier molecular flexibility index (Phi) is 7.54. The smallest absolute Gasteiger partial charge is 0.0698 e. The van der Waals surface area contributed by atoms with Gasteiger partial charge in [0.25, 0.3) is 0 Å². The predicted molar refractivity (Wildman–Crippen MR) is 95.7 cm³/mol. The second-order valence-electron chi connectivity index (χ2n) is 7.77. The average Bonchev–Trinajstić information content (AvgIpc) is 2.52. The first kappa shape index (κ1) is 18.9. The number of piperazine rings is 1. The van der Waals surface area contributed by atoms with Gasteiger partial charge in [0.05, 0.1) is 19.8 Å². The van der Waals surface area contributed by atoms with E-state index < -0.39 is 0 Å². The second-order valence-corrected chi connectivity index (χ2v) is 7.77. The molecule has 1 N–H and O–H groups in total. The molecule has 1 aliphatic carbocycles. The zero-order valence-electron chi connectivity index (χ0n) is 15.4. The SMILES string of the molecule is CC1=C(CCN2CCN(CCOCCO)CC2)C(C)(C)CCC1. The molecule has 0 amide bonds. The van der Waals surface area contributed by atoms with E-state index in [-0.39, 0.29) is 6.61 Å². The molecule has 23 heavy (non-hydrogen) atoms. The van der Waals surface area contributed by atoms with Crippen LogP contribution >= 0.6 is 0 Å². The molecule has 0 aromatic heterocycles. The van der Waals surface area contributed by atoms with Gasteiger partial charge < -0.3 is 14.7 Å². The van der Waals surface area contributed by atoms with E-state index in [1.54, 1.807) is 11.1 Å². The Morgan fingerprint density at radius 1 is 1.04 bits per heavy atom. The quantitative estimate of drug-likeness (QED) is 0.550. The van der Waals surface area contributed by atoms with Crippen LogP contribution in [0.25, 0.3) is 0 Å². The van der Waals surface area contributed by atoms with Gasteiger partial charge in [-0.15, -0.1) is 0 Å². The molecule has 0 radical (unpaired) electrons. The number of nitrogens with zero attached hydrogens (tertiary/aromatic N) is 2. The molecular formula is C19H36N2O2. The Hall–Kier alpha value is -0.420. The summed E-state index contributed by atoms with van der Waals surface area (Å²) in [6.45, 7) is 15.4. The van der Waals surface area contributed by atoms with E-state index in [4.69, 9.17) is 9.84 Å². The number of allylic oxidation sites excluding steroid dienone is 1. The summed E-state index contributed by atoms with van der Waals surface area (Å²) in [5.74, 6) is 0. The predicted octanol–water partition coefficient (Wildman–Crippen LogP) is 2.53. The molecule has 0 aromatic carbocycles. The summed E-state index contributed by atoms with van der Waals surface area (Å²) in [7, 11) is 0. The Balaban J connectivity index is 1.68. The van der Waals surface area contributed by atoms with Crippen LogP contribution in [0.15, 0.2) is 11.1 Å². The monoisotopic (exact) mass is 324 g/mol. The zero-order chi connectivity index (χ0) is 16.7. The standard InChI is InChI=1S/C19H36N2O2/c1-17-5-4-7-19(2,3)18(17)6-8-20-9-11-21(12-10-20)13-15-23-16-14-22/h22H,4-16H2,1-3H3. The van der Waals surface area contributed by atoms with Gasteiger partial charge in [0.1, 0.15) is 0 Å². The lowest BCUT2D eigenvalue weighted by molar-refractivity contribution is 0.0575. The second kappa shape index (κ2) is 9.16. The van der Waals surface area contributed by atoms with E-state index in [2.05, 4.69) is 30.6 Å². The van der Waals surface area contributed by atoms with Crippen LogP contribution in [0.2, 0.25) is 0 Å². The number of aliphatic hydroxyl groups is 1. The highest BCUT2D eigenvalue weighted by Crippen LogP contribution is 2.41. The lowest BCUT2D eigenvalue weighted by Gasteiger charge is -2.38. The molecule has 2 rings (SSSR count). The Bertz CT molecular complexity index is 385. The molecule has 0 atom stereocenters. The van der Waals surface area contributed by atoms with Gasteiger partial charge >= 0.3 is 0 Å². The normalized spacial score (nSPS) is 23.5. The maximum absolute atomic E-state index is 8.71. The highest BCUT2D eigenvalue weighted by atomic mass is 16.5. The summed E-state index contributed by atoms with van der Waals surface area (Å²) in [4.78, 5) is 5.10. The third-order valence-corrected chi connectivity index (χ3v) is 5.62. The van der Waals surface area contributed by atoms with Gasteiger partial charge in [0, 0.05) is 39.3 Å². The van der Waals surface area contributed by atoms with Crippen molar-refractivity contribution in [3.8, 4) is 0 Å². The van der Waals surface area contributed by atoms with E-state index >= 15 is 0 Å². The fourth-order valence-corrected chi connectivity index (χ4v) is 4.09. The molecule has 0 spiro atoms. The first-order chi connectivity index (χ1) is 11.0. The van der Waals surface area contributed by atoms with Crippen molar-refractivity contribution in [2.24, 2.45) is 5.41 Å². The van der Waals surface area contributed by atoms with E-state index in [0.717, 1.165) is 26.2 Å². The minimum Gasteiger partial charge on any atom is -0.394 e. The van der Waals surface area contributed by atoms with Crippen molar-refractivity contribution in [2.45, 2.75) is 46.5 Å². The molecule has 0 unspecified atom stereocenters. The highest BCUT2D eigenvalue weighted by molar-refractivity contribution is 5.22. The van der Waals surface area contributed by atoms with Gasteiger partial charge in [-0.3, -0.25) is 4.90 Å². The lowest BCUT2D eigenvalue weighted by Crippen LogP contribution is -2.47. The van der Waals surface area contributed by atoms with E-state index in [1.807, 2.05) is 0 Å². The molecule has 4 heteroatoms. The van der Waals surface area contributed by atoms with Crippen LogP contribution in [-0.4, -0.2) is 74.0 Å². The van der Waals surface area contributed by atoms with Gasteiger partial charge in [0.2, 0.25) is 0 Å². The van der Waals surface area contributed by atoms with Crippen LogP contribution in [0, 0.1) is 5.41 Å². The highest BCUT2D eigenvalue weighted by Gasteiger charge is 2.28. The third-order valence-electron chi connectivity index (χ3n) is 5.62. The average molecular weight is 325 g/mol. The minimum absolute atomic E-state index is 0.124. The Morgan fingerprint density at radius 3 is 2.30 bits per heavy atom. The summed E-state index contributed by atoms with van der Waals surface area (Å²) in [5.41, 5.74) is 3.79. The topological polar surface area (TPSA) is 35.9 Å². The van der Waals surface area contributed by atoms with Crippen molar-refractivity contribution in [3.63, 3.8) is 0 Å². The summed E-state index contributed by atoms with van der Waals surface area (Å²) in [5, 5.41) is 8.71. The van der Waals surface area contributed by atoms with Gasteiger partial charge in [-0.2, -0.15) is 0 Å². The van der Waals surface area contributed by atoms with Crippen molar-refractivity contribution >= 4 is 0 Å². The van der Waals surface area contributed by atoms with Crippen molar-refractivity contribution < 1.29 is 9.84 Å². The van der Waals surface area contributed by atoms with Gasteiger partial charge in [-0.05, 0) is 38.0 Å². The Morgan fingerprint density at radius 2 is 1.70 bits per heavy atom. The number of hydrogen-bond acceptors (Lipinski definition) is 4. The van der Waals surface area contributed by atoms with Crippen LogP contribution < -0.4 is 0 Å². The van der Waals surface area contributed by atoms with E-state index in [0.29, 0.717) is 12.0 Å². The minimum atomic E-state index is 0.124. The third kappa shape index (κ3) is 5.86. The fourth-order valence-electron chi connectivity index (χ4n) is 4.09. The van der Waals surface area contributed by atoms with Crippen LogP contribution in [-0.2, 0) is 4.74 Å². The molecule has 1 aliphatic heterocycles. The van der Waals surface area contributed by atoms with Gasteiger partial charge in [0.15, 0.2) is 0 Å². The number of rotatable bonds is 8. The molecular weight excluding hydrogens is 288 g/mol. The van der Waals surface area contributed by atoms with Crippen molar-refractivity contribution in [1.82, 2.24) is 9.80 Å². The molecule has 1 fully saturated rings. The Labute approximate surface area is 142 Å². The summed E-state index contributed by atoms with van der Waals surface area (Å²) < 4.78 is 5.36. The molecule has 1 saturated heterocycles. The maximum atomic E-state index is 8.71. The summed E-state index contributed by atoms with van der Waals surface area (Å²) in [6, 6.07) is 0. The molecule has 0 saturated carbocycles.